The molecule has 2 aromatic rings. The topological polar surface area (TPSA) is 105 Å². The molecule has 1 aromatic heterocycles. The first-order valence-corrected chi connectivity index (χ1v) is 6.55. The first-order chi connectivity index (χ1) is 10.6. The Balaban J connectivity index is 2.14. The van der Waals surface area contributed by atoms with Crippen molar-refractivity contribution in [2.24, 2.45) is 5.73 Å². The lowest BCUT2D eigenvalue weighted by atomic mass is 10.0. The molecule has 4 N–H and O–H groups in total. The van der Waals surface area contributed by atoms with Gasteiger partial charge in [-0.2, -0.15) is 0 Å². The molecule has 0 fully saturated rings. The van der Waals surface area contributed by atoms with Crippen LogP contribution in [-0.4, -0.2) is 22.0 Å². The van der Waals surface area contributed by atoms with Crippen molar-refractivity contribution in [1.82, 2.24) is 10.5 Å². The van der Waals surface area contributed by atoms with E-state index in [2.05, 4.69) is 4.98 Å². The molecule has 112 valence electrons. The highest BCUT2D eigenvalue weighted by atomic mass is 16.5. The molecule has 0 atom stereocenters. The summed E-state index contributed by atoms with van der Waals surface area (Å²) < 4.78 is 0. The van der Waals surface area contributed by atoms with Gasteiger partial charge in [-0.25, -0.2) is 5.48 Å². The smallest absolute Gasteiger partial charge is 0.267 e. The zero-order valence-electron chi connectivity index (χ0n) is 11.7. The molecular formula is C16H15N3O3. The van der Waals surface area contributed by atoms with Gasteiger partial charge in [0.05, 0.1) is 11.3 Å². The van der Waals surface area contributed by atoms with Crippen LogP contribution in [0, 0.1) is 0 Å². The van der Waals surface area contributed by atoms with Crippen LogP contribution in [0.15, 0.2) is 48.7 Å². The van der Waals surface area contributed by atoms with Crippen LogP contribution in [0.2, 0.25) is 0 Å². The van der Waals surface area contributed by atoms with Crippen LogP contribution in [-0.2, 0) is 11.2 Å². The van der Waals surface area contributed by atoms with Crippen LogP contribution < -0.4 is 11.2 Å². The van der Waals surface area contributed by atoms with Crippen molar-refractivity contribution in [2.45, 2.75) is 6.42 Å². The molecule has 0 saturated carbocycles. The van der Waals surface area contributed by atoms with E-state index >= 15 is 0 Å². The van der Waals surface area contributed by atoms with E-state index in [0.29, 0.717) is 17.7 Å². The fourth-order valence-corrected chi connectivity index (χ4v) is 1.95. The summed E-state index contributed by atoms with van der Waals surface area (Å²) >= 11 is 0. The van der Waals surface area contributed by atoms with Crippen molar-refractivity contribution in [3.05, 3.63) is 71.1 Å². The van der Waals surface area contributed by atoms with Crippen molar-refractivity contribution in [1.29, 1.82) is 0 Å². The van der Waals surface area contributed by atoms with Gasteiger partial charge in [0.15, 0.2) is 0 Å². The quantitative estimate of drug-likeness (QED) is 0.439. The number of benzene rings is 1. The number of amides is 2. The Bertz CT molecular complexity index is 709. The Morgan fingerprint density at radius 1 is 1.23 bits per heavy atom. The molecule has 2 rings (SSSR count). The molecule has 0 bridgehead atoms. The number of primary amides is 1. The van der Waals surface area contributed by atoms with Gasteiger partial charge >= 0.3 is 0 Å². The van der Waals surface area contributed by atoms with Crippen molar-refractivity contribution >= 4 is 17.9 Å². The molecule has 0 aliphatic rings. The third-order valence-electron chi connectivity index (χ3n) is 3.04. The van der Waals surface area contributed by atoms with Crippen LogP contribution in [0.4, 0.5) is 0 Å². The number of hydrogen-bond donors (Lipinski definition) is 3. The van der Waals surface area contributed by atoms with Crippen molar-refractivity contribution in [2.75, 3.05) is 0 Å². The molecule has 0 spiro atoms. The standard InChI is InChI=1S/C16H15N3O3/c17-16(21)13-2-1-9-18-14(13)10-12-5-3-11(4-6-12)7-8-15(20)19-22/h1-9,22H,10H2,(H2,17,21)(H,19,20). The van der Waals surface area contributed by atoms with Gasteiger partial charge in [-0.3, -0.25) is 19.8 Å². The van der Waals surface area contributed by atoms with Gasteiger partial charge in [-0.05, 0) is 29.3 Å². The van der Waals surface area contributed by atoms with E-state index < -0.39 is 11.8 Å². The van der Waals surface area contributed by atoms with Crippen LogP contribution in [0.25, 0.3) is 6.08 Å². The molecule has 6 nitrogen and oxygen atoms in total. The maximum Gasteiger partial charge on any atom is 0.267 e. The minimum Gasteiger partial charge on any atom is -0.366 e. The maximum atomic E-state index is 11.4. The summed E-state index contributed by atoms with van der Waals surface area (Å²) in [5.74, 6) is -1.10. The van der Waals surface area contributed by atoms with E-state index in [0.717, 1.165) is 11.1 Å². The molecule has 0 saturated heterocycles. The molecule has 2 amide bonds. The Hall–Kier alpha value is -2.99. The number of rotatable bonds is 5. The molecule has 0 radical (unpaired) electrons. The van der Waals surface area contributed by atoms with Crippen molar-refractivity contribution in [3.8, 4) is 0 Å². The number of pyridine rings is 1. The molecule has 1 heterocycles. The number of nitrogens with one attached hydrogen (secondary N) is 1. The largest absolute Gasteiger partial charge is 0.366 e. The zero-order chi connectivity index (χ0) is 15.9. The monoisotopic (exact) mass is 297 g/mol. The molecule has 0 aliphatic carbocycles. The lowest BCUT2D eigenvalue weighted by molar-refractivity contribution is -0.124. The van der Waals surface area contributed by atoms with Crippen molar-refractivity contribution < 1.29 is 14.8 Å². The highest BCUT2D eigenvalue weighted by Gasteiger charge is 2.09. The average Bonchev–Trinajstić information content (AvgIpc) is 2.54. The number of carbonyl (C=O) groups is 2. The van der Waals surface area contributed by atoms with E-state index in [1.807, 2.05) is 24.3 Å². The predicted molar refractivity (Wildman–Crippen MR) is 81.0 cm³/mol. The van der Waals surface area contributed by atoms with Gasteiger partial charge in [0.1, 0.15) is 0 Å². The second-order valence-electron chi connectivity index (χ2n) is 4.59. The Labute approximate surface area is 127 Å². The van der Waals surface area contributed by atoms with Crippen LogP contribution in [0.1, 0.15) is 27.2 Å². The van der Waals surface area contributed by atoms with Gasteiger partial charge in [-0.15, -0.1) is 0 Å². The first kappa shape index (κ1) is 15.4. The lowest BCUT2D eigenvalue weighted by Crippen LogP contribution is -2.15. The average molecular weight is 297 g/mol. The zero-order valence-corrected chi connectivity index (χ0v) is 11.7. The summed E-state index contributed by atoms with van der Waals surface area (Å²) in [6, 6.07) is 10.7. The van der Waals surface area contributed by atoms with E-state index in [4.69, 9.17) is 10.9 Å². The summed E-state index contributed by atoms with van der Waals surface area (Å²) in [5.41, 5.74) is 9.65. The second-order valence-corrected chi connectivity index (χ2v) is 4.59. The molecular weight excluding hydrogens is 282 g/mol. The first-order valence-electron chi connectivity index (χ1n) is 6.55. The highest BCUT2D eigenvalue weighted by Crippen LogP contribution is 2.13. The fourth-order valence-electron chi connectivity index (χ4n) is 1.95. The number of hydroxylamine groups is 1. The number of hydrogen-bond acceptors (Lipinski definition) is 4. The van der Waals surface area contributed by atoms with Gasteiger partial charge in [0.2, 0.25) is 0 Å². The second kappa shape index (κ2) is 7.14. The summed E-state index contributed by atoms with van der Waals surface area (Å²) in [4.78, 5) is 26.4. The predicted octanol–water partition coefficient (Wildman–Crippen LogP) is 1.29. The van der Waals surface area contributed by atoms with Crippen LogP contribution >= 0.6 is 0 Å². The van der Waals surface area contributed by atoms with Crippen LogP contribution in [0.3, 0.4) is 0 Å². The number of nitrogens with two attached hydrogens (primary N) is 1. The van der Waals surface area contributed by atoms with E-state index in [1.165, 1.54) is 11.6 Å². The lowest BCUT2D eigenvalue weighted by Gasteiger charge is -2.06. The fraction of sp³-hybridized carbons (Fsp3) is 0.0625. The van der Waals surface area contributed by atoms with Crippen molar-refractivity contribution in [3.63, 3.8) is 0 Å². The molecule has 22 heavy (non-hydrogen) atoms. The Morgan fingerprint density at radius 2 is 1.95 bits per heavy atom. The molecule has 1 aromatic carbocycles. The maximum absolute atomic E-state index is 11.4. The normalized spacial score (nSPS) is 10.6. The molecule has 0 unspecified atom stereocenters. The summed E-state index contributed by atoms with van der Waals surface area (Å²) in [7, 11) is 0. The van der Waals surface area contributed by atoms with Gasteiger partial charge in [-0.1, -0.05) is 24.3 Å². The van der Waals surface area contributed by atoms with E-state index in [1.54, 1.807) is 24.4 Å². The minimum absolute atomic E-state index is 0.408. The summed E-state index contributed by atoms with van der Waals surface area (Å²) in [6.07, 6.45) is 4.90. The SMILES string of the molecule is NC(=O)c1cccnc1Cc1ccc(C=CC(=O)NO)cc1. The van der Waals surface area contributed by atoms with Crippen LogP contribution in [0.5, 0.6) is 0 Å². The Kier molecular flexibility index (Phi) is 5.00. The van der Waals surface area contributed by atoms with E-state index in [9.17, 15) is 9.59 Å². The number of nitrogens with zero attached hydrogens (tertiary/aromatic N) is 1. The Morgan fingerprint density at radius 3 is 2.59 bits per heavy atom. The molecule has 6 heteroatoms. The minimum atomic E-state index is -0.594. The van der Waals surface area contributed by atoms with Gasteiger partial charge in [0.25, 0.3) is 11.8 Å². The van der Waals surface area contributed by atoms with Gasteiger partial charge < -0.3 is 5.73 Å². The summed E-state index contributed by atoms with van der Waals surface area (Å²) in [5, 5.41) is 8.40. The third-order valence-corrected chi connectivity index (χ3v) is 3.04. The van der Waals surface area contributed by atoms with E-state index in [-0.39, 0.29) is 0 Å². The molecule has 0 aliphatic heterocycles. The highest BCUT2D eigenvalue weighted by molar-refractivity contribution is 5.94. The number of carbonyl (C=O) groups excluding carboxylic acids is 2. The third kappa shape index (κ3) is 4.00. The summed E-state index contributed by atoms with van der Waals surface area (Å²) in [6.45, 7) is 0. The number of aromatic nitrogens is 1. The van der Waals surface area contributed by atoms with Gasteiger partial charge in [0, 0.05) is 18.7 Å².